The summed E-state index contributed by atoms with van der Waals surface area (Å²) in [6.07, 6.45) is -3.97. The maximum absolute atomic E-state index is 14.0. The van der Waals surface area contributed by atoms with Crippen molar-refractivity contribution in [1.29, 1.82) is 0 Å². The Labute approximate surface area is 229 Å². The summed E-state index contributed by atoms with van der Waals surface area (Å²) >= 11 is 0. The molecule has 1 heterocycles. The van der Waals surface area contributed by atoms with Crippen LogP contribution in [0.25, 0.3) is 0 Å². The number of aliphatic carboxylic acids is 1. The molecule has 0 bridgehead atoms. The fourth-order valence-corrected chi connectivity index (χ4v) is 6.28. The van der Waals surface area contributed by atoms with E-state index in [1.54, 1.807) is 12.1 Å². The first-order valence-corrected chi connectivity index (χ1v) is 14.3. The van der Waals surface area contributed by atoms with E-state index in [-0.39, 0.29) is 35.0 Å². The maximum atomic E-state index is 14.0. The molecule has 40 heavy (non-hydrogen) atoms. The number of amides is 1. The number of benzene rings is 2. The topological polar surface area (TPSA) is 122 Å². The van der Waals surface area contributed by atoms with Crippen molar-refractivity contribution in [2.75, 3.05) is 16.2 Å². The first kappa shape index (κ1) is 28.1. The SMILES string of the molecule is CC(C)(OC(=O)Nc1ccc2c(c1)N(S(=O)(=O)c1cccc(C3CC3)c1)C[C@H](CC1(C(=O)O)CC1)O2)C(F)(F)F. The molecule has 0 saturated heterocycles. The van der Waals surface area contributed by atoms with E-state index in [4.69, 9.17) is 4.74 Å². The van der Waals surface area contributed by atoms with Crippen molar-refractivity contribution in [2.45, 2.75) is 74.6 Å². The molecule has 3 aliphatic rings. The average molecular weight is 583 g/mol. The van der Waals surface area contributed by atoms with Crippen molar-refractivity contribution in [2.24, 2.45) is 5.41 Å². The third-order valence-electron chi connectivity index (χ3n) is 7.59. The van der Waals surface area contributed by atoms with Crippen molar-refractivity contribution < 1.29 is 45.8 Å². The second-order valence-corrected chi connectivity index (χ2v) is 13.0. The molecular formula is C27H29F3N2O7S. The maximum Gasteiger partial charge on any atom is 0.427 e. The van der Waals surface area contributed by atoms with Gasteiger partial charge in [0.05, 0.1) is 22.5 Å². The Morgan fingerprint density at radius 2 is 1.85 bits per heavy atom. The number of halogens is 3. The Hall–Kier alpha value is -3.48. The van der Waals surface area contributed by atoms with E-state index in [9.17, 15) is 36.3 Å². The van der Waals surface area contributed by atoms with Gasteiger partial charge in [-0.25, -0.2) is 13.2 Å². The van der Waals surface area contributed by atoms with Crippen molar-refractivity contribution in [3.8, 4) is 5.75 Å². The monoisotopic (exact) mass is 582 g/mol. The number of nitrogens with one attached hydrogen (secondary N) is 1. The zero-order chi connectivity index (χ0) is 29.1. The molecule has 1 amide bonds. The number of carboxylic acids is 1. The fourth-order valence-electron chi connectivity index (χ4n) is 4.72. The average Bonchev–Trinajstić information content (AvgIpc) is 3.78. The second kappa shape index (κ2) is 9.57. The first-order chi connectivity index (χ1) is 18.6. The summed E-state index contributed by atoms with van der Waals surface area (Å²) in [4.78, 5) is 24.1. The number of sulfonamides is 1. The van der Waals surface area contributed by atoms with Crippen LogP contribution in [0.3, 0.4) is 0 Å². The standard InChI is InChI=1S/C27H29F3N2O7S/c1-25(2,27(28,29)30)39-24(35)31-18-8-9-22-21(13-18)32(15-19(38-22)14-26(10-11-26)23(33)34)40(36,37)20-5-3-4-17(12-20)16-6-7-16/h3-5,8-9,12-13,16,19H,6-7,10-11,14-15H2,1-2H3,(H,31,35)(H,33,34)/t19-/m0/s1. The van der Waals surface area contributed by atoms with Gasteiger partial charge in [0.1, 0.15) is 11.9 Å². The fraction of sp³-hybridized carbons (Fsp3) is 0.481. The van der Waals surface area contributed by atoms with Crippen LogP contribution in [0.1, 0.15) is 57.4 Å². The summed E-state index contributed by atoms with van der Waals surface area (Å²) in [5.41, 5.74) is -2.78. The van der Waals surface area contributed by atoms with Crippen LogP contribution in [0.2, 0.25) is 0 Å². The van der Waals surface area contributed by atoms with E-state index in [1.165, 1.54) is 24.3 Å². The lowest BCUT2D eigenvalue weighted by Gasteiger charge is -2.36. The summed E-state index contributed by atoms with van der Waals surface area (Å²) in [5, 5.41) is 11.9. The van der Waals surface area contributed by atoms with Crippen molar-refractivity contribution in [1.82, 2.24) is 0 Å². The molecule has 0 unspecified atom stereocenters. The molecule has 2 aromatic rings. The summed E-state index contributed by atoms with van der Waals surface area (Å²) in [5.74, 6) is -0.532. The highest BCUT2D eigenvalue weighted by atomic mass is 32.2. The van der Waals surface area contributed by atoms with Crippen LogP contribution in [0, 0.1) is 5.41 Å². The molecule has 216 valence electrons. The van der Waals surface area contributed by atoms with E-state index in [0.717, 1.165) is 22.7 Å². The molecule has 0 aromatic heterocycles. The normalized spacial score (nSPS) is 20.2. The molecular weight excluding hydrogens is 553 g/mol. The van der Waals surface area contributed by atoms with Gasteiger partial charge in [0.2, 0.25) is 5.60 Å². The van der Waals surface area contributed by atoms with Gasteiger partial charge in [-0.15, -0.1) is 0 Å². The number of rotatable bonds is 8. The van der Waals surface area contributed by atoms with Crippen molar-refractivity contribution >= 4 is 33.5 Å². The van der Waals surface area contributed by atoms with Gasteiger partial charge < -0.3 is 14.6 Å². The van der Waals surface area contributed by atoms with Gasteiger partial charge in [0.15, 0.2) is 0 Å². The van der Waals surface area contributed by atoms with Crippen LogP contribution >= 0.6 is 0 Å². The minimum absolute atomic E-state index is 0.0140. The molecule has 1 aliphatic heterocycles. The van der Waals surface area contributed by atoms with Crippen LogP contribution in [0.5, 0.6) is 5.75 Å². The van der Waals surface area contributed by atoms with Gasteiger partial charge >= 0.3 is 18.2 Å². The summed E-state index contributed by atoms with van der Waals surface area (Å²) in [7, 11) is -4.17. The quantitative estimate of drug-likeness (QED) is 0.412. The number of fused-ring (bicyclic) bond motifs is 1. The number of carbonyl (C=O) groups excluding carboxylic acids is 1. The van der Waals surface area contributed by atoms with Crippen LogP contribution in [0.4, 0.5) is 29.3 Å². The van der Waals surface area contributed by atoms with Crippen LogP contribution in [-0.2, 0) is 19.6 Å². The number of carboxylic acid groups (broad SMARTS) is 1. The number of anilines is 2. The highest BCUT2D eigenvalue weighted by Crippen LogP contribution is 2.52. The number of hydrogen-bond donors (Lipinski definition) is 2. The minimum Gasteiger partial charge on any atom is -0.486 e. The number of ether oxygens (including phenoxy) is 2. The highest BCUT2D eigenvalue weighted by Gasteiger charge is 2.53. The van der Waals surface area contributed by atoms with Crippen molar-refractivity contribution in [3.63, 3.8) is 0 Å². The molecule has 9 nitrogen and oxygen atoms in total. The van der Waals surface area contributed by atoms with Crippen LogP contribution in [0.15, 0.2) is 47.4 Å². The molecule has 13 heteroatoms. The van der Waals surface area contributed by atoms with Gasteiger partial charge in [-0.2, -0.15) is 13.2 Å². The largest absolute Gasteiger partial charge is 0.486 e. The highest BCUT2D eigenvalue weighted by molar-refractivity contribution is 7.92. The summed E-state index contributed by atoms with van der Waals surface area (Å²) in [6, 6.07) is 10.6. The molecule has 2 aliphatic carbocycles. The van der Waals surface area contributed by atoms with Crippen LogP contribution < -0.4 is 14.4 Å². The van der Waals surface area contributed by atoms with Gasteiger partial charge in [-0.3, -0.25) is 14.4 Å². The van der Waals surface area contributed by atoms with E-state index in [0.29, 0.717) is 32.6 Å². The summed E-state index contributed by atoms with van der Waals surface area (Å²) in [6.45, 7) is 1.23. The van der Waals surface area contributed by atoms with E-state index in [1.807, 2.05) is 6.07 Å². The predicted octanol–water partition coefficient (Wildman–Crippen LogP) is 5.66. The third kappa shape index (κ3) is 5.43. The van der Waals surface area contributed by atoms with Gasteiger partial charge in [-0.05, 0) is 81.3 Å². The Morgan fingerprint density at radius 1 is 1.15 bits per heavy atom. The third-order valence-corrected chi connectivity index (χ3v) is 9.36. The lowest BCUT2D eigenvalue weighted by Crippen LogP contribution is -2.45. The Bertz CT molecular complexity index is 1450. The van der Waals surface area contributed by atoms with E-state index < -0.39 is 45.4 Å². The Morgan fingerprint density at radius 3 is 2.45 bits per heavy atom. The molecule has 0 radical (unpaired) electrons. The molecule has 2 N–H and O–H groups in total. The number of hydrogen-bond acceptors (Lipinski definition) is 6. The molecule has 0 spiro atoms. The number of nitrogens with zero attached hydrogens (tertiary/aromatic N) is 1. The minimum atomic E-state index is -4.81. The second-order valence-electron chi connectivity index (χ2n) is 11.1. The summed E-state index contributed by atoms with van der Waals surface area (Å²) < 4.78 is 79.1. The molecule has 2 fully saturated rings. The van der Waals surface area contributed by atoms with Gasteiger partial charge in [0.25, 0.3) is 10.0 Å². The Balaban J connectivity index is 1.47. The molecule has 5 rings (SSSR count). The lowest BCUT2D eigenvalue weighted by atomic mass is 9.97. The molecule has 2 aromatic carbocycles. The van der Waals surface area contributed by atoms with Gasteiger partial charge in [0, 0.05) is 12.1 Å². The lowest BCUT2D eigenvalue weighted by molar-refractivity contribution is -0.242. The van der Waals surface area contributed by atoms with Crippen molar-refractivity contribution in [3.05, 3.63) is 48.0 Å². The van der Waals surface area contributed by atoms with E-state index >= 15 is 0 Å². The zero-order valence-corrected chi connectivity index (χ0v) is 22.6. The van der Waals surface area contributed by atoms with Crippen LogP contribution in [-0.4, -0.2) is 50.0 Å². The number of carbonyl (C=O) groups is 2. The number of alkyl halides is 3. The predicted molar refractivity (Wildman–Crippen MR) is 138 cm³/mol. The molecule has 1 atom stereocenters. The van der Waals surface area contributed by atoms with Gasteiger partial charge in [-0.1, -0.05) is 12.1 Å². The molecule has 2 saturated carbocycles. The first-order valence-electron chi connectivity index (χ1n) is 12.8. The zero-order valence-electron chi connectivity index (χ0n) is 21.8. The smallest absolute Gasteiger partial charge is 0.427 e. The Kier molecular flexibility index (Phi) is 6.71. The van der Waals surface area contributed by atoms with E-state index in [2.05, 4.69) is 10.1 Å².